The average Bonchev–Trinajstić information content (AvgIpc) is 3.03. The molecule has 1 heterocycles. The molecule has 3 rings (SSSR count). The summed E-state index contributed by atoms with van der Waals surface area (Å²) < 4.78 is 1.29. The molecule has 0 spiro atoms. The van der Waals surface area contributed by atoms with Gasteiger partial charge in [0.25, 0.3) is 0 Å². The second-order valence-corrected chi connectivity index (χ2v) is 8.59. The molecule has 118 valence electrons. The Hall–Kier alpha value is -1.20. The van der Waals surface area contributed by atoms with Crippen molar-refractivity contribution in [2.45, 2.75) is 27.5 Å². The molecule has 3 aromatic rings. The van der Waals surface area contributed by atoms with Gasteiger partial charge in [-0.15, -0.1) is 23.1 Å². The van der Waals surface area contributed by atoms with Gasteiger partial charge in [-0.05, 0) is 60.2 Å². The number of aryl methyl sites for hydroxylation is 1. The lowest BCUT2D eigenvalue weighted by Gasteiger charge is -2.12. The topological polar surface area (TPSA) is 26.0 Å². The second-order valence-electron chi connectivity index (χ2n) is 5.20. The highest BCUT2D eigenvalue weighted by atomic mass is 32.2. The molecular formula is C19H19NS3. The Kier molecular flexibility index (Phi) is 5.49. The van der Waals surface area contributed by atoms with Gasteiger partial charge in [0, 0.05) is 21.2 Å². The largest absolute Gasteiger partial charge is 0.326 e. The highest BCUT2D eigenvalue weighted by molar-refractivity contribution is 8.01. The van der Waals surface area contributed by atoms with Crippen LogP contribution in [-0.2, 0) is 6.54 Å². The zero-order valence-electron chi connectivity index (χ0n) is 13.2. The Morgan fingerprint density at radius 1 is 1.00 bits per heavy atom. The molecule has 0 amide bonds. The van der Waals surface area contributed by atoms with Gasteiger partial charge in [-0.3, -0.25) is 0 Å². The van der Waals surface area contributed by atoms with E-state index in [4.69, 9.17) is 5.73 Å². The van der Waals surface area contributed by atoms with Crippen LogP contribution in [0.25, 0.3) is 11.1 Å². The maximum Gasteiger partial charge on any atom is 0.0649 e. The van der Waals surface area contributed by atoms with Gasteiger partial charge in [-0.2, -0.15) is 0 Å². The van der Waals surface area contributed by atoms with Crippen molar-refractivity contribution in [2.75, 3.05) is 6.26 Å². The fourth-order valence-corrected chi connectivity index (χ4v) is 5.14. The lowest BCUT2D eigenvalue weighted by atomic mass is 10.0. The van der Waals surface area contributed by atoms with Crippen molar-refractivity contribution in [2.24, 2.45) is 5.73 Å². The van der Waals surface area contributed by atoms with Crippen molar-refractivity contribution >= 4 is 34.9 Å². The molecule has 2 N–H and O–H groups in total. The maximum atomic E-state index is 5.71. The number of benzene rings is 2. The van der Waals surface area contributed by atoms with Gasteiger partial charge in [-0.1, -0.05) is 36.0 Å². The Bertz CT molecular complexity index is 808. The second kappa shape index (κ2) is 7.58. The summed E-state index contributed by atoms with van der Waals surface area (Å²) in [5.74, 6) is 0. The molecular weight excluding hydrogens is 338 g/mol. The Morgan fingerprint density at radius 3 is 2.52 bits per heavy atom. The Morgan fingerprint density at radius 2 is 1.83 bits per heavy atom. The van der Waals surface area contributed by atoms with Gasteiger partial charge in [0.2, 0.25) is 0 Å². The number of hydrogen-bond acceptors (Lipinski definition) is 4. The van der Waals surface area contributed by atoms with Crippen LogP contribution in [-0.4, -0.2) is 6.26 Å². The summed E-state index contributed by atoms with van der Waals surface area (Å²) in [6.07, 6.45) is 2.14. The molecule has 23 heavy (non-hydrogen) atoms. The van der Waals surface area contributed by atoms with Crippen molar-refractivity contribution in [3.8, 4) is 11.1 Å². The lowest BCUT2D eigenvalue weighted by molar-refractivity contribution is 1.11. The van der Waals surface area contributed by atoms with Crippen molar-refractivity contribution in [1.29, 1.82) is 0 Å². The number of thiophene rings is 1. The van der Waals surface area contributed by atoms with E-state index in [0.29, 0.717) is 6.54 Å². The van der Waals surface area contributed by atoms with E-state index in [1.54, 1.807) is 23.1 Å². The molecule has 1 nitrogen and oxygen atoms in total. The maximum absolute atomic E-state index is 5.71. The molecule has 0 unspecified atom stereocenters. The quantitative estimate of drug-likeness (QED) is 0.562. The first kappa shape index (κ1) is 16.7. The Balaban J connectivity index is 1.97. The highest BCUT2D eigenvalue weighted by Crippen LogP contribution is 2.39. The van der Waals surface area contributed by atoms with Crippen molar-refractivity contribution in [3.05, 3.63) is 65.0 Å². The molecule has 0 aliphatic rings. The molecule has 2 aromatic carbocycles. The summed E-state index contributed by atoms with van der Waals surface area (Å²) in [4.78, 5) is 3.82. The van der Waals surface area contributed by atoms with Crippen LogP contribution in [0.1, 0.15) is 10.4 Å². The zero-order chi connectivity index (χ0) is 16.2. The van der Waals surface area contributed by atoms with Crippen molar-refractivity contribution in [3.63, 3.8) is 0 Å². The molecule has 0 saturated heterocycles. The van der Waals surface area contributed by atoms with Crippen molar-refractivity contribution in [1.82, 2.24) is 0 Å². The monoisotopic (exact) mass is 357 g/mol. The minimum Gasteiger partial charge on any atom is -0.326 e. The fourth-order valence-electron chi connectivity index (χ4n) is 2.48. The zero-order valence-corrected chi connectivity index (χ0v) is 15.7. The van der Waals surface area contributed by atoms with Gasteiger partial charge in [0.05, 0.1) is 4.21 Å². The van der Waals surface area contributed by atoms with E-state index in [1.165, 1.54) is 35.6 Å². The first-order valence-corrected chi connectivity index (χ1v) is 10.3. The van der Waals surface area contributed by atoms with E-state index < -0.39 is 0 Å². The van der Waals surface area contributed by atoms with Gasteiger partial charge in [0.1, 0.15) is 0 Å². The van der Waals surface area contributed by atoms with Crippen LogP contribution in [0.5, 0.6) is 0 Å². The number of rotatable bonds is 5. The minimum absolute atomic E-state index is 0.616. The van der Waals surface area contributed by atoms with Crippen LogP contribution in [0.4, 0.5) is 0 Å². The van der Waals surface area contributed by atoms with Gasteiger partial charge in [-0.25, -0.2) is 0 Å². The molecule has 0 fully saturated rings. The average molecular weight is 358 g/mol. The molecule has 0 aliphatic carbocycles. The van der Waals surface area contributed by atoms with E-state index in [1.807, 2.05) is 11.8 Å². The summed E-state index contributed by atoms with van der Waals surface area (Å²) in [5, 5.41) is 0. The number of thioether (sulfide) groups is 1. The summed E-state index contributed by atoms with van der Waals surface area (Å²) in [5.41, 5.74) is 9.65. The summed E-state index contributed by atoms with van der Waals surface area (Å²) in [6, 6.07) is 19.6. The van der Waals surface area contributed by atoms with Crippen LogP contribution in [0.2, 0.25) is 0 Å². The molecule has 0 atom stereocenters. The van der Waals surface area contributed by atoms with E-state index in [-0.39, 0.29) is 0 Å². The first-order valence-electron chi connectivity index (χ1n) is 7.42. The third-order valence-corrected chi connectivity index (χ3v) is 6.69. The predicted octanol–water partition coefficient (Wildman–Crippen LogP) is 6.06. The summed E-state index contributed by atoms with van der Waals surface area (Å²) >= 11 is 5.39. The predicted molar refractivity (Wildman–Crippen MR) is 105 cm³/mol. The van der Waals surface area contributed by atoms with Gasteiger partial charge < -0.3 is 5.73 Å². The van der Waals surface area contributed by atoms with E-state index in [0.717, 1.165) is 0 Å². The van der Waals surface area contributed by atoms with Crippen LogP contribution < -0.4 is 5.73 Å². The van der Waals surface area contributed by atoms with Crippen molar-refractivity contribution < 1.29 is 0 Å². The lowest BCUT2D eigenvalue weighted by Crippen LogP contribution is -1.90. The Labute approximate surface area is 150 Å². The van der Waals surface area contributed by atoms with Crippen LogP contribution in [0.15, 0.2) is 68.6 Å². The third-order valence-electron chi connectivity index (χ3n) is 3.66. The van der Waals surface area contributed by atoms with Gasteiger partial charge >= 0.3 is 0 Å². The van der Waals surface area contributed by atoms with Crippen LogP contribution in [0, 0.1) is 6.92 Å². The molecule has 4 heteroatoms. The van der Waals surface area contributed by atoms with Gasteiger partial charge in [0.15, 0.2) is 0 Å². The summed E-state index contributed by atoms with van der Waals surface area (Å²) in [7, 11) is 0. The molecule has 0 saturated carbocycles. The molecule has 0 bridgehead atoms. The summed E-state index contributed by atoms with van der Waals surface area (Å²) in [6.45, 7) is 2.79. The highest BCUT2D eigenvalue weighted by Gasteiger charge is 2.10. The third kappa shape index (κ3) is 3.83. The van der Waals surface area contributed by atoms with E-state index >= 15 is 0 Å². The SMILES string of the molecule is CSc1ccc(Sc2ccc(CN)s2)cc1-c1ccccc1C. The van der Waals surface area contributed by atoms with E-state index in [2.05, 4.69) is 67.8 Å². The first-order chi connectivity index (χ1) is 11.2. The number of nitrogens with two attached hydrogens (primary N) is 1. The van der Waals surface area contributed by atoms with E-state index in [9.17, 15) is 0 Å². The number of hydrogen-bond donors (Lipinski definition) is 1. The molecule has 1 aromatic heterocycles. The molecule has 0 radical (unpaired) electrons. The van der Waals surface area contributed by atoms with Crippen LogP contribution >= 0.6 is 34.9 Å². The smallest absolute Gasteiger partial charge is 0.0649 e. The molecule has 0 aliphatic heterocycles. The fraction of sp³-hybridized carbons (Fsp3) is 0.158. The standard InChI is InChI=1S/C19H19NS3/c1-13-5-3-4-6-16(13)17-11-14(7-9-18(17)21-2)22-19-10-8-15(12-20)23-19/h3-11H,12,20H2,1-2H3. The van der Waals surface area contributed by atoms with Crippen LogP contribution in [0.3, 0.4) is 0 Å². The normalized spacial score (nSPS) is 10.9. The minimum atomic E-state index is 0.616.